The second-order valence-corrected chi connectivity index (χ2v) is 5.16. The first kappa shape index (κ1) is 12.4. The van der Waals surface area contributed by atoms with Crippen LogP contribution >= 0.6 is 0 Å². The molecule has 1 aromatic heterocycles. The van der Waals surface area contributed by atoms with E-state index in [-0.39, 0.29) is 11.7 Å². The number of ketones is 1. The molecule has 0 radical (unpaired) electrons. The molecule has 0 unspecified atom stereocenters. The first-order valence-corrected chi connectivity index (χ1v) is 7.01. The number of piperidine rings is 1. The van der Waals surface area contributed by atoms with Crippen molar-refractivity contribution in [3.63, 3.8) is 0 Å². The number of fused-ring (bicyclic) bond motifs is 1. The number of aromatic nitrogens is 2. The van der Waals surface area contributed by atoms with Gasteiger partial charge in [-0.1, -0.05) is 6.92 Å². The fourth-order valence-electron chi connectivity index (χ4n) is 2.70. The van der Waals surface area contributed by atoms with Crippen molar-refractivity contribution in [3.05, 3.63) is 29.6 Å². The van der Waals surface area contributed by atoms with Crippen molar-refractivity contribution in [3.8, 4) is 0 Å². The smallest absolute Gasteiger partial charge is 0.166 e. The summed E-state index contributed by atoms with van der Waals surface area (Å²) in [4.78, 5) is 20.2. The van der Waals surface area contributed by atoms with E-state index < -0.39 is 0 Å². The number of aryl methyl sites for hydroxylation is 1. The Morgan fingerprint density at radius 1 is 1.37 bits per heavy atom. The molecule has 1 aliphatic heterocycles. The van der Waals surface area contributed by atoms with Gasteiger partial charge < -0.3 is 10.3 Å². The Morgan fingerprint density at radius 2 is 2.16 bits per heavy atom. The maximum atomic E-state index is 12.5. The first-order chi connectivity index (χ1) is 9.28. The third-order valence-corrected chi connectivity index (χ3v) is 3.86. The molecule has 1 saturated heterocycles. The van der Waals surface area contributed by atoms with Crippen LogP contribution in [0.25, 0.3) is 11.0 Å². The van der Waals surface area contributed by atoms with Crippen molar-refractivity contribution in [1.82, 2.24) is 15.3 Å². The third-order valence-electron chi connectivity index (χ3n) is 3.86. The highest BCUT2D eigenvalue weighted by molar-refractivity contribution is 6.00. The zero-order chi connectivity index (χ0) is 13.2. The van der Waals surface area contributed by atoms with Crippen molar-refractivity contribution in [1.29, 1.82) is 0 Å². The molecule has 19 heavy (non-hydrogen) atoms. The monoisotopic (exact) mass is 257 g/mol. The number of imidazole rings is 1. The standard InChI is InChI=1S/C15H19N3O/c1-2-14-17-12-4-3-11(9-13(12)18-14)15(19)10-5-7-16-8-6-10/h3-4,9-10,16H,2,5-8H2,1H3,(H,17,18). The van der Waals surface area contributed by atoms with Crippen molar-refractivity contribution in [2.24, 2.45) is 5.92 Å². The minimum Gasteiger partial charge on any atom is -0.342 e. The molecule has 0 aliphatic carbocycles. The third kappa shape index (κ3) is 2.40. The van der Waals surface area contributed by atoms with Crippen LogP contribution in [-0.2, 0) is 6.42 Å². The molecule has 1 aromatic carbocycles. The van der Waals surface area contributed by atoms with Gasteiger partial charge >= 0.3 is 0 Å². The first-order valence-electron chi connectivity index (χ1n) is 7.01. The zero-order valence-corrected chi connectivity index (χ0v) is 11.2. The zero-order valence-electron chi connectivity index (χ0n) is 11.2. The van der Waals surface area contributed by atoms with Gasteiger partial charge in [-0.3, -0.25) is 4.79 Å². The number of carbonyl (C=O) groups excluding carboxylic acids is 1. The van der Waals surface area contributed by atoms with Crippen LogP contribution in [0, 0.1) is 5.92 Å². The maximum Gasteiger partial charge on any atom is 0.166 e. The largest absolute Gasteiger partial charge is 0.342 e. The summed E-state index contributed by atoms with van der Waals surface area (Å²) in [6.07, 6.45) is 2.77. The summed E-state index contributed by atoms with van der Waals surface area (Å²) < 4.78 is 0. The second kappa shape index (κ2) is 5.13. The van der Waals surface area contributed by atoms with Crippen LogP contribution in [0.1, 0.15) is 35.9 Å². The van der Waals surface area contributed by atoms with Gasteiger partial charge in [0.1, 0.15) is 5.82 Å². The van der Waals surface area contributed by atoms with Gasteiger partial charge in [-0.15, -0.1) is 0 Å². The summed E-state index contributed by atoms with van der Waals surface area (Å²) in [5.41, 5.74) is 2.72. The van der Waals surface area contributed by atoms with Crippen LogP contribution in [0.15, 0.2) is 18.2 Å². The lowest BCUT2D eigenvalue weighted by molar-refractivity contribution is 0.0895. The maximum absolute atomic E-state index is 12.5. The summed E-state index contributed by atoms with van der Waals surface area (Å²) >= 11 is 0. The Bertz CT molecular complexity index is 596. The van der Waals surface area contributed by atoms with E-state index in [9.17, 15) is 4.79 Å². The number of aromatic amines is 1. The number of Topliss-reactive ketones (excluding diaryl/α,β-unsaturated/α-hetero) is 1. The van der Waals surface area contributed by atoms with Crippen LogP contribution in [0.5, 0.6) is 0 Å². The van der Waals surface area contributed by atoms with Crippen LogP contribution in [0.2, 0.25) is 0 Å². The van der Waals surface area contributed by atoms with Gasteiger partial charge in [-0.25, -0.2) is 4.98 Å². The number of nitrogens with zero attached hydrogens (tertiary/aromatic N) is 1. The number of nitrogens with one attached hydrogen (secondary N) is 2. The molecule has 2 aromatic rings. The SMILES string of the molecule is CCc1nc2ccc(C(=O)C3CCNCC3)cc2[nH]1. The predicted molar refractivity (Wildman–Crippen MR) is 75.4 cm³/mol. The molecule has 4 nitrogen and oxygen atoms in total. The fourth-order valence-corrected chi connectivity index (χ4v) is 2.70. The minimum atomic E-state index is 0.173. The average Bonchev–Trinajstić information content (AvgIpc) is 2.89. The quantitative estimate of drug-likeness (QED) is 0.830. The molecule has 2 N–H and O–H groups in total. The highest BCUT2D eigenvalue weighted by atomic mass is 16.1. The summed E-state index contributed by atoms with van der Waals surface area (Å²) in [6, 6.07) is 5.80. The van der Waals surface area contributed by atoms with E-state index in [2.05, 4.69) is 22.2 Å². The molecule has 0 atom stereocenters. The Hall–Kier alpha value is -1.68. The highest BCUT2D eigenvalue weighted by Crippen LogP contribution is 2.21. The molecular formula is C15H19N3O. The van der Waals surface area contributed by atoms with Crippen molar-refractivity contribution in [2.45, 2.75) is 26.2 Å². The van der Waals surface area contributed by atoms with Gasteiger partial charge in [0.25, 0.3) is 0 Å². The number of carbonyl (C=O) groups is 1. The molecule has 2 heterocycles. The van der Waals surface area contributed by atoms with Crippen LogP contribution in [-0.4, -0.2) is 28.8 Å². The topological polar surface area (TPSA) is 57.8 Å². The normalized spacial score (nSPS) is 16.9. The van der Waals surface area contributed by atoms with Crippen LogP contribution in [0.4, 0.5) is 0 Å². The van der Waals surface area contributed by atoms with Crippen molar-refractivity contribution >= 4 is 16.8 Å². The molecule has 0 spiro atoms. The average molecular weight is 257 g/mol. The molecule has 1 aliphatic rings. The predicted octanol–water partition coefficient (Wildman–Crippen LogP) is 2.31. The number of hydrogen-bond acceptors (Lipinski definition) is 3. The molecule has 0 bridgehead atoms. The van der Waals surface area contributed by atoms with Crippen molar-refractivity contribution < 1.29 is 4.79 Å². The molecule has 0 amide bonds. The van der Waals surface area contributed by atoms with E-state index in [1.807, 2.05) is 18.2 Å². The van der Waals surface area contributed by atoms with Crippen LogP contribution in [0.3, 0.4) is 0 Å². The van der Waals surface area contributed by atoms with Crippen LogP contribution < -0.4 is 5.32 Å². The summed E-state index contributed by atoms with van der Waals surface area (Å²) in [6.45, 7) is 3.96. The van der Waals surface area contributed by atoms with E-state index in [1.54, 1.807) is 0 Å². The molecular weight excluding hydrogens is 238 g/mol. The van der Waals surface area contributed by atoms with Gasteiger partial charge in [0.15, 0.2) is 5.78 Å². The van der Waals surface area contributed by atoms with Gasteiger partial charge in [-0.05, 0) is 44.1 Å². The fraction of sp³-hybridized carbons (Fsp3) is 0.467. The van der Waals surface area contributed by atoms with E-state index in [4.69, 9.17) is 0 Å². The van der Waals surface area contributed by atoms with Gasteiger partial charge in [0.05, 0.1) is 11.0 Å². The lowest BCUT2D eigenvalue weighted by Crippen LogP contribution is -2.31. The van der Waals surface area contributed by atoms with E-state index >= 15 is 0 Å². The van der Waals surface area contributed by atoms with Gasteiger partial charge in [0.2, 0.25) is 0 Å². The lowest BCUT2D eigenvalue weighted by atomic mass is 9.89. The number of rotatable bonds is 3. The Labute approximate surface area is 112 Å². The lowest BCUT2D eigenvalue weighted by Gasteiger charge is -2.21. The molecule has 4 heteroatoms. The van der Waals surface area contributed by atoms with Gasteiger partial charge in [-0.2, -0.15) is 0 Å². The van der Waals surface area contributed by atoms with E-state index in [0.29, 0.717) is 0 Å². The summed E-state index contributed by atoms with van der Waals surface area (Å²) in [5.74, 6) is 1.42. The van der Waals surface area contributed by atoms with Crippen molar-refractivity contribution in [2.75, 3.05) is 13.1 Å². The Kier molecular flexibility index (Phi) is 3.34. The number of benzene rings is 1. The number of H-pyrrole nitrogens is 1. The molecule has 3 rings (SSSR count). The summed E-state index contributed by atoms with van der Waals surface area (Å²) in [7, 11) is 0. The minimum absolute atomic E-state index is 0.173. The Morgan fingerprint density at radius 3 is 2.89 bits per heavy atom. The highest BCUT2D eigenvalue weighted by Gasteiger charge is 2.22. The van der Waals surface area contributed by atoms with Gasteiger partial charge in [0, 0.05) is 17.9 Å². The number of hydrogen-bond donors (Lipinski definition) is 2. The Balaban J connectivity index is 1.89. The van der Waals surface area contributed by atoms with E-state index in [1.165, 1.54) is 0 Å². The van der Waals surface area contributed by atoms with E-state index in [0.717, 1.165) is 54.8 Å². The molecule has 0 saturated carbocycles. The summed E-state index contributed by atoms with van der Waals surface area (Å²) in [5, 5.41) is 3.29. The molecule has 100 valence electrons. The molecule has 1 fully saturated rings. The second-order valence-electron chi connectivity index (χ2n) is 5.16.